The second-order valence-corrected chi connectivity index (χ2v) is 9.61. The van der Waals surface area contributed by atoms with Gasteiger partial charge in [0.25, 0.3) is 5.91 Å². The third-order valence-electron chi connectivity index (χ3n) is 6.72. The van der Waals surface area contributed by atoms with Crippen LogP contribution in [0.5, 0.6) is 0 Å². The Morgan fingerprint density at radius 3 is 2.81 bits per heavy atom. The van der Waals surface area contributed by atoms with Crippen molar-refractivity contribution in [1.29, 1.82) is 0 Å². The van der Waals surface area contributed by atoms with E-state index in [4.69, 9.17) is 0 Å². The molecular weight excluding hydrogens is 334 g/mol. The average molecular weight is 364 g/mol. The van der Waals surface area contributed by atoms with E-state index in [2.05, 4.69) is 41.1 Å². The Kier molecular flexibility index (Phi) is 3.92. The zero-order valence-electron chi connectivity index (χ0n) is 16.5. The fourth-order valence-corrected chi connectivity index (χ4v) is 5.35. The molecule has 1 aliphatic heterocycles. The van der Waals surface area contributed by atoms with Crippen LogP contribution in [0.1, 0.15) is 73.1 Å². The molecule has 0 spiro atoms. The topological polar surface area (TPSA) is 49.0 Å². The number of nitrogens with zero attached hydrogens (tertiary/aromatic N) is 2. The number of nitrogens with one attached hydrogen (secondary N) is 1. The van der Waals surface area contributed by atoms with Crippen molar-refractivity contribution in [2.45, 2.75) is 65.3 Å². The van der Waals surface area contributed by atoms with Crippen molar-refractivity contribution in [3.63, 3.8) is 0 Å². The summed E-state index contributed by atoms with van der Waals surface area (Å²) in [6, 6.07) is 6.31. The number of benzene rings is 1. The maximum absolute atomic E-state index is 12.8. The predicted octanol–water partition coefficient (Wildman–Crippen LogP) is 4.74. The van der Waals surface area contributed by atoms with E-state index in [1.54, 1.807) is 0 Å². The summed E-state index contributed by atoms with van der Waals surface area (Å²) in [6.07, 6.45) is 8.70. The van der Waals surface area contributed by atoms with Gasteiger partial charge in [0.15, 0.2) is 0 Å². The van der Waals surface area contributed by atoms with Crippen molar-refractivity contribution in [1.82, 2.24) is 15.1 Å². The lowest BCUT2D eigenvalue weighted by Gasteiger charge is -2.26. The standard InChI is InChI=1S/C23H29N3O/c1-23(2)11-19-20(12-23)24-25-21(19)16-8-9-18-17(10-16)14-26(22(18)27)13-15-6-4-3-5-7-15/h8-10,15H,3-7,11-14H2,1-2H3,(H,24,25). The van der Waals surface area contributed by atoms with Crippen LogP contribution < -0.4 is 0 Å². The molecule has 0 atom stereocenters. The summed E-state index contributed by atoms with van der Waals surface area (Å²) in [7, 11) is 0. The largest absolute Gasteiger partial charge is 0.334 e. The third kappa shape index (κ3) is 2.99. The lowest BCUT2D eigenvalue weighted by molar-refractivity contribution is 0.0738. The van der Waals surface area contributed by atoms with Crippen LogP contribution in [0, 0.1) is 11.3 Å². The van der Waals surface area contributed by atoms with E-state index in [1.165, 1.54) is 48.9 Å². The van der Waals surface area contributed by atoms with Crippen molar-refractivity contribution >= 4 is 5.91 Å². The van der Waals surface area contributed by atoms with Crippen molar-refractivity contribution in [3.05, 3.63) is 40.6 Å². The number of aromatic nitrogens is 2. The first-order valence-electron chi connectivity index (χ1n) is 10.5. The van der Waals surface area contributed by atoms with E-state index in [0.717, 1.165) is 42.8 Å². The summed E-state index contributed by atoms with van der Waals surface area (Å²) in [4.78, 5) is 14.9. The van der Waals surface area contributed by atoms with Crippen molar-refractivity contribution in [3.8, 4) is 11.3 Å². The normalized spacial score (nSPS) is 21.6. The third-order valence-corrected chi connectivity index (χ3v) is 6.72. The van der Waals surface area contributed by atoms with Gasteiger partial charge >= 0.3 is 0 Å². The number of fused-ring (bicyclic) bond motifs is 2. The molecular formula is C23H29N3O. The first-order chi connectivity index (χ1) is 13.0. The summed E-state index contributed by atoms with van der Waals surface area (Å²) in [5, 5.41) is 7.86. The molecule has 27 heavy (non-hydrogen) atoms. The highest BCUT2D eigenvalue weighted by Crippen LogP contribution is 2.40. The van der Waals surface area contributed by atoms with E-state index < -0.39 is 0 Å². The van der Waals surface area contributed by atoms with Gasteiger partial charge in [-0.15, -0.1) is 0 Å². The smallest absolute Gasteiger partial charge is 0.254 e. The van der Waals surface area contributed by atoms with Crippen molar-refractivity contribution in [2.75, 3.05) is 6.54 Å². The number of amides is 1. The number of hydrogen-bond donors (Lipinski definition) is 1. The summed E-state index contributed by atoms with van der Waals surface area (Å²) >= 11 is 0. The molecule has 1 aromatic carbocycles. The molecule has 2 aromatic rings. The first kappa shape index (κ1) is 17.0. The minimum atomic E-state index is 0.218. The maximum atomic E-state index is 12.8. The van der Waals surface area contributed by atoms with Gasteiger partial charge in [-0.2, -0.15) is 5.10 Å². The second-order valence-electron chi connectivity index (χ2n) is 9.61. The van der Waals surface area contributed by atoms with Crippen molar-refractivity contribution in [2.24, 2.45) is 11.3 Å². The number of aromatic amines is 1. The Labute approximate surface area is 161 Å². The van der Waals surface area contributed by atoms with Crippen LogP contribution >= 0.6 is 0 Å². The lowest BCUT2D eigenvalue weighted by Crippen LogP contribution is -2.30. The number of carbonyl (C=O) groups excluding carboxylic acids is 1. The molecule has 3 aliphatic rings. The van der Waals surface area contributed by atoms with E-state index >= 15 is 0 Å². The summed E-state index contributed by atoms with van der Waals surface area (Å²) in [5.41, 5.74) is 7.24. The van der Waals surface area contributed by atoms with E-state index in [9.17, 15) is 4.79 Å². The average Bonchev–Trinajstić information content (AvgIpc) is 3.26. The number of H-pyrrole nitrogens is 1. The van der Waals surface area contributed by atoms with Gasteiger partial charge in [-0.3, -0.25) is 9.89 Å². The predicted molar refractivity (Wildman–Crippen MR) is 107 cm³/mol. The quantitative estimate of drug-likeness (QED) is 0.856. The maximum Gasteiger partial charge on any atom is 0.254 e. The highest BCUT2D eigenvalue weighted by molar-refractivity contribution is 5.99. The van der Waals surface area contributed by atoms with Gasteiger partial charge < -0.3 is 4.90 Å². The zero-order chi connectivity index (χ0) is 18.6. The van der Waals surface area contributed by atoms with Gasteiger partial charge in [0.2, 0.25) is 0 Å². The van der Waals surface area contributed by atoms with Crippen LogP contribution in [-0.4, -0.2) is 27.5 Å². The highest BCUT2D eigenvalue weighted by atomic mass is 16.2. The minimum absolute atomic E-state index is 0.218. The summed E-state index contributed by atoms with van der Waals surface area (Å²) in [6.45, 7) is 6.32. The van der Waals surface area contributed by atoms with E-state index in [1.807, 2.05) is 6.07 Å². The van der Waals surface area contributed by atoms with Crippen LogP contribution in [0.3, 0.4) is 0 Å². The Morgan fingerprint density at radius 1 is 1.19 bits per heavy atom. The molecule has 142 valence electrons. The minimum Gasteiger partial charge on any atom is -0.334 e. The molecule has 0 radical (unpaired) electrons. The molecule has 4 nitrogen and oxygen atoms in total. The Morgan fingerprint density at radius 2 is 2.00 bits per heavy atom. The van der Waals surface area contributed by atoms with Gasteiger partial charge in [-0.25, -0.2) is 0 Å². The first-order valence-corrected chi connectivity index (χ1v) is 10.5. The molecule has 5 rings (SSSR count). The van der Waals surface area contributed by atoms with Crippen LogP contribution in [0.4, 0.5) is 0 Å². The SMILES string of the molecule is CC1(C)Cc2[nH]nc(-c3ccc4c(c3)CN(CC3CCCCC3)C4=O)c2C1. The Balaban J connectivity index is 1.39. The van der Waals surface area contributed by atoms with Crippen LogP contribution in [0.15, 0.2) is 18.2 Å². The van der Waals surface area contributed by atoms with E-state index in [0.29, 0.717) is 11.3 Å². The van der Waals surface area contributed by atoms with Crippen LogP contribution in [-0.2, 0) is 19.4 Å². The number of carbonyl (C=O) groups is 1. The van der Waals surface area contributed by atoms with Gasteiger partial charge in [0.05, 0.1) is 5.69 Å². The van der Waals surface area contributed by atoms with Crippen LogP contribution in [0.25, 0.3) is 11.3 Å². The highest BCUT2D eigenvalue weighted by Gasteiger charge is 2.34. The number of hydrogen-bond acceptors (Lipinski definition) is 2. The van der Waals surface area contributed by atoms with Crippen molar-refractivity contribution < 1.29 is 4.79 Å². The van der Waals surface area contributed by atoms with E-state index in [-0.39, 0.29) is 5.91 Å². The van der Waals surface area contributed by atoms with Gasteiger partial charge in [0.1, 0.15) is 0 Å². The number of rotatable bonds is 3. The van der Waals surface area contributed by atoms with Crippen LogP contribution in [0.2, 0.25) is 0 Å². The summed E-state index contributed by atoms with van der Waals surface area (Å²) in [5.74, 6) is 0.906. The molecule has 0 unspecified atom stereocenters. The monoisotopic (exact) mass is 363 g/mol. The fraction of sp³-hybridized carbons (Fsp3) is 0.565. The molecule has 4 heteroatoms. The molecule has 1 fully saturated rings. The Hall–Kier alpha value is -2.10. The van der Waals surface area contributed by atoms with Gasteiger partial charge in [0, 0.05) is 35.5 Å². The van der Waals surface area contributed by atoms with Gasteiger partial charge in [-0.1, -0.05) is 39.2 Å². The molecule has 1 saturated carbocycles. The zero-order valence-corrected chi connectivity index (χ0v) is 16.5. The lowest BCUT2D eigenvalue weighted by atomic mass is 9.89. The Bertz CT molecular complexity index is 889. The second kappa shape index (κ2) is 6.22. The molecule has 1 amide bonds. The van der Waals surface area contributed by atoms with Gasteiger partial charge in [-0.05, 0) is 54.7 Å². The molecule has 2 heterocycles. The molecule has 1 N–H and O–H groups in total. The molecule has 0 bridgehead atoms. The molecule has 2 aliphatic carbocycles. The molecule has 0 saturated heterocycles. The fourth-order valence-electron chi connectivity index (χ4n) is 5.35. The molecule has 1 aromatic heterocycles. The summed E-state index contributed by atoms with van der Waals surface area (Å²) < 4.78 is 0.